The number of nitrogens with two attached hydrogens (primary N) is 1. The average Bonchev–Trinajstić information content (AvgIpc) is 3.42. The second-order valence-corrected chi connectivity index (χ2v) is 7.73. The van der Waals surface area contributed by atoms with Crippen molar-refractivity contribution in [2.75, 3.05) is 40.0 Å². The molecule has 0 saturated carbocycles. The Labute approximate surface area is 165 Å². The Kier molecular flexibility index (Phi) is 5.37. The van der Waals surface area contributed by atoms with Crippen LogP contribution in [0, 0.1) is 11.3 Å². The largest absolute Gasteiger partial charge is 0.494 e. The molecule has 0 spiro atoms. The molecule has 2 N–H and O–H groups in total. The third-order valence-electron chi connectivity index (χ3n) is 6.34. The lowest BCUT2D eigenvalue weighted by atomic mass is 9.71. The van der Waals surface area contributed by atoms with Gasteiger partial charge in [-0.05, 0) is 49.9 Å². The number of benzene rings is 1. The van der Waals surface area contributed by atoms with Gasteiger partial charge in [0.25, 0.3) is 5.91 Å². The number of likely N-dealkylation sites (tertiary alicyclic amines) is 1. The minimum atomic E-state index is -0.00853. The van der Waals surface area contributed by atoms with Gasteiger partial charge in [0.2, 0.25) is 0 Å². The van der Waals surface area contributed by atoms with E-state index in [1.54, 1.807) is 24.1 Å². The molecular weight excluding hydrogens is 356 g/mol. The molecule has 1 atom stereocenters. The van der Waals surface area contributed by atoms with Crippen molar-refractivity contribution in [3.63, 3.8) is 0 Å². The maximum atomic E-state index is 13.3. The molecular formula is C21H28N4O3. The van der Waals surface area contributed by atoms with E-state index in [-0.39, 0.29) is 11.3 Å². The van der Waals surface area contributed by atoms with Gasteiger partial charge in [0, 0.05) is 31.7 Å². The van der Waals surface area contributed by atoms with Gasteiger partial charge in [0.05, 0.1) is 13.3 Å². The number of carbonyl (C=O) groups is 1. The van der Waals surface area contributed by atoms with Crippen molar-refractivity contribution in [1.82, 2.24) is 14.7 Å². The third-order valence-corrected chi connectivity index (χ3v) is 6.34. The smallest absolute Gasteiger partial charge is 0.272 e. The van der Waals surface area contributed by atoms with Crippen LogP contribution in [0.15, 0.2) is 36.5 Å². The number of ether oxygens (including phenoxy) is 2. The molecule has 0 bridgehead atoms. The summed E-state index contributed by atoms with van der Waals surface area (Å²) in [5, 5.41) is 4.38. The lowest BCUT2D eigenvalue weighted by Crippen LogP contribution is -2.44. The van der Waals surface area contributed by atoms with Crippen LogP contribution in [-0.2, 0) is 4.74 Å². The minimum absolute atomic E-state index is 0.00523. The van der Waals surface area contributed by atoms with E-state index in [9.17, 15) is 4.79 Å². The summed E-state index contributed by atoms with van der Waals surface area (Å²) in [6.07, 6.45) is 4.66. The topological polar surface area (TPSA) is 82.6 Å². The number of rotatable bonds is 5. The molecule has 2 aliphatic rings. The van der Waals surface area contributed by atoms with E-state index >= 15 is 0 Å². The van der Waals surface area contributed by atoms with Gasteiger partial charge in [-0.2, -0.15) is 5.10 Å². The van der Waals surface area contributed by atoms with Crippen molar-refractivity contribution in [2.45, 2.75) is 19.3 Å². The molecule has 1 aromatic heterocycles. The van der Waals surface area contributed by atoms with Crippen LogP contribution in [0.1, 0.15) is 29.8 Å². The Morgan fingerprint density at radius 3 is 2.86 bits per heavy atom. The number of nitrogens with zero attached hydrogens (tertiary/aromatic N) is 3. The summed E-state index contributed by atoms with van der Waals surface area (Å²) in [7, 11) is 1.62. The highest BCUT2D eigenvalue weighted by Gasteiger charge is 2.45. The summed E-state index contributed by atoms with van der Waals surface area (Å²) in [6, 6.07) is 9.35. The first kappa shape index (κ1) is 19.0. The van der Waals surface area contributed by atoms with Crippen LogP contribution < -0.4 is 10.5 Å². The average molecular weight is 384 g/mol. The summed E-state index contributed by atoms with van der Waals surface area (Å²) in [4.78, 5) is 15.3. The van der Waals surface area contributed by atoms with Gasteiger partial charge in [0.1, 0.15) is 17.1 Å². The van der Waals surface area contributed by atoms with Gasteiger partial charge < -0.3 is 20.1 Å². The Morgan fingerprint density at radius 2 is 2.11 bits per heavy atom. The highest BCUT2D eigenvalue weighted by atomic mass is 16.5. The maximum absolute atomic E-state index is 13.3. The lowest BCUT2D eigenvalue weighted by molar-refractivity contribution is 0.0158. The van der Waals surface area contributed by atoms with Crippen LogP contribution in [0.4, 0.5) is 0 Å². The fourth-order valence-corrected chi connectivity index (χ4v) is 4.67. The summed E-state index contributed by atoms with van der Waals surface area (Å²) in [5.74, 6) is 1.19. The predicted molar refractivity (Wildman–Crippen MR) is 106 cm³/mol. The molecule has 2 fully saturated rings. The fourth-order valence-electron chi connectivity index (χ4n) is 4.67. The van der Waals surface area contributed by atoms with Crippen LogP contribution >= 0.6 is 0 Å². The number of para-hydroxylation sites is 2. The summed E-state index contributed by atoms with van der Waals surface area (Å²) in [6.45, 7) is 3.61. The first-order valence-corrected chi connectivity index (χ1v) is 9.93. The van der Waals surface area contributed by atoms with Gasteiger partial charge in [-0.3, -0.25) is 4.79 Å². The van der Waals surface area contributed by atoms with Crippen LogP contribution in [0.5, 0.6) is 5.75 Å². The molecule has 2 saturated heterocycles. The van der Waals surface area contributed by atoms with Crippen LogP contribution in [0.3, 0.4) is 0 Å². The lowest BCUT2D eigenvalue weighted by Gasteiger charge is -2.38. The van der Waals surface area contributed by atoms with E-state index in [0.29, 0.717) is 30.5 Å². The molecule has 0 aliphatic carbocycles. The van der Waals surface area contributed by atoms with E-state index in [4.69, 9.17) is 15.2 Å². The van der Waals surface area contributed by atoms with E-state index in [1.165, 1.54) is 0 Å². The number of aromatic nitrogens is 2. The summed E-state index contributed by atoms with van der Waals surface area (Å²) >= 11 is 0. The zero-order chi connectivity index (χ0) is 19.6. The molecule has 1 unspecified atom stereocenters. The maximum Gasteiger partial charge on any atom is 0.272 e. The molecule has 7 heteroatoms. The molecule has 1 amide bonds. The zero-order valence-electron chi connectivity index (χ0n) is 16.3. The standard InChI is InChI=1S/C21H28N4O3/c1-27-19-5-3-2-4-17(19)25-18(6-10-23-25)20(26)24-11-9-21(14-22,15-24)16-7-12-28-13-8-16/h2-6,10,16H,7-9,11-15,22H2,1H3. The number of amides is 1. The van der Waals surface area contributed by atoms with E-state index in [1.807, 2.05) is 29.2 Å². The highest BCUT2D eigenvalue weighted by Crippen LogP contribution is 2.42. The number of methoxy groups -OCH3 is 1. The summed E-state index contributed by atoms with van der Waals surface area (Å²) < 4.78 is 12.6. The van der Waals surface area contributed by atoms with Gasteiger partial charge in [-0.15, -0.1) is 0 Å². The van der Waals surface area contributed by atoms with Crippen LogP contribution in [0.2, 0.25) is 0 Å². The van der Waals surface area contributed by atoms with Gasteiger partial charge in [0.15, 0.2) is 0 Å². The Morgan fingerprint density at radius 1 is 1.32 bits per heavy atom. The molecule has 2 aliphatic heterocycles. The normalized spacial score (nSPS) is 23.1. The summed E-state index contributed by atoms with van der Waals surface area (Å²) in [5.41, 5.74) is 7.52. The number of hydrogen-bond donors (Lipinski definition) is 1. The molecule has 28 heavy (non-hydrogen) atoms. The molecule has 3 heterocycles. The number of carbonyl (C=O) groups excluding carboxylic acids is 1. The van der Waals surface area contributed by atoms with Gasteiger partial charge >= 0.3 is 0 Å². The van der Waals surface area contributed by atoms with Crippen molar-refractivity contribution in [3.8, 4) is 11.4 Å². The predicted octanol–water partition coefficient (Wildman–Crippen LogP) is 2.10. The molecule has 2 aromatic rings. The Hall–Kier alpha value is -2.38. The Balaban J connectivity index is 1.57. The van der Waals surface area contributed by atoms with Crippen LogP contribution in [0.25, 0.3) is 5.69 Å². The molecule has 0 radical (unpaired) electrons. The first-order chi connectivity index (χ1) is 13.7. The second-order valence-electron chi connectivity index (χ2n) is 7.73. The molecule has 1 aromatic carbocycles. The van der Waals surface area contributed by atoms with Gasteiger partial charge in [-0.1, -0.05) is 12.1 Å². The van der Waals surface area contributed by atoms with E-state index < -0.39 is 0 Å². The molecule has 4 rings (SSSR count). The van der Waals surface area contributed by atoms with Crippen molar-refractivity contribution >= 4 is 5.91 Å². The number of hydrogen-bond acceptors (Lipinski definition) is 5. The van der Waals surface area contributed by atoms with Crippen LogP contribution in [-0.4, -0.2) is 60.5 Å². The fraction of sp³-hybridized carbons (Fsp3) is 0.524. The first-order valence-electron chi connectivity index (χ1n) is 9.93. The Bertz CT molecular complexity index is 831. The van der Waals surface area contributed by atoms with E-state index in [0.717, 1.165) is 44.7 Å². The SMILES string of the molecule is COc1ccccc1-n1nccc1C(=O)N1CCC(CN)(C2CCOCC2)C1. The van der Waals surface area contributed by atoms with Crippen molar-refractivity contribution < 1.29 is 14.3 Å². The van der Waals surface area contributed by atoms with E-state index in [2.05, 4.69) is 5.10 Å². The quantitative estimate of drug-likeness (QED) is 0.854. The molecule has 7 nitrogen and oxygen atoms in total. The van der Waals surface area contributed by atoms with Gasteiger partial charge in [-0.25, -0.2) is 4.68 Å². The minimum Gasteiger partial charge on any atom is -0.494 e. The van der Waals surface area contributed by atoms with Crippen molar-refractivity contribution in [2.24, 2.45) is 17.1 Å². The monoisotopic (exact) mass is 384 g/mol. The zero-order valence-corrected chi connectivity index (χ0v) is 16.3. The van der Waals surface area contributed by atoms with Crippen molar-refractivity contribution in [3.05, 3.63) is 42.2 Å². The third kappa shape index (κ3) is 3.29. The highest BCUT2D eigenvalue weighted by molar-refractivity contribution is 5.93. The molecule has 150 valence electrons. The second kappa shape index (κ2) is 7.93. The van der Waals surface area contributed by atoms with Crippen molar-refractivity contribution in [1.29, 1.82) is 0 Å².